The maximum Gasteiger partial charge on any atom is 0.308 e. The third-order valence-electron chi connectivity index (χ3n) is 4.25. The summed E-state index contributed by atoms with van der Waals surface area (Å²) in [5.41, 5.74) is 2.53. The summed E-state index contributed by atoms with van der Waals surface area (Å²) < 4.78 is 5.75. The van der Waals surface area contributed by atoms with Crippen molar-refractivity contribution in [3.63, 3.8) is 0 Å². The van der Waals surface area contributed by atoms with Gasteiger partial charge in [0, 0.05) is 18.5 Å². The largest absolute Gasteiger partial charge is 0.481 e. The molecule has 2 heterocycles. The van der Waals surface area contributed by atoms with E-state index in [0.717, 1.165) is 5.52 Å². The van der Waals surface area contributed by atoms with E-state index in [1.165, 1.54) is 4.90 Å². The Morgan fingerprint density at radius 1 is 1.28 bits per heavy atom. The molecule has 0 spiro atoms. The third kappa shape index (κ3) is 2.74. The Kier molecular flexibility index (Phi) is 3.69. The van der Waals surface area contributed by atoms with Gasteiger partial charge in [-0.25, -0.2) is 4.98 Å². The van der Waals surface area contributed by atoms with Gasteiger partial charge >= 0.3 is 5.97 Å². The van der Waals surface area contributed by atoms with Crippen LogP contribution in [0.4, 0.5) is 5.69 Å². The molecular weight excluding hydrogens is 344 g/mol. The number of hydrogen-bond donors (Lipinski definition) is 1. The second-order valence-corrected chi connectivity index (χ2v) is 6.30. The number of fused-ring (bicyclic) bond motifs is 1. The van der Waals surface area contributed by atoms with Crippen LogP contribution in [0.1, 0.15) is 6.42 Å². The fourth-order valence-corrected chi connectivity index (χ4v) is 3.17. The Morgan fingerprint density at radius 2 is 2.08 bits per heavy atom. The van der Waals surface area contributed by atoms with Gasteiger partial charge in [0.25, 0.3) is 0 Å². The second kappa shape index (κ2) is 5.89. The van der Waals surface area contributed by atoms with Crippen molar-refractivity contribution in [1.29, 1.82) is 0 Å². The lowest BCUT2D eigenvalue weighted by Crippen LogP contribution is -2.26. The molecule has 1 aromatic heterocycles. The van der Waals surface area contributed by atoms with E-state index in [2.05, 4.69) is 4.98 Å². The number of carbonyl (C=O) groups is 2. The fourth-order valence-electron chi connectivity index (χ4n) is 2.95. The van der Waals surface area contributed by atoms with Crippen LogP contribution in [0.3, 0.4) is 0 Å². The fraction of sp³-hybridized carbons (Fsp3) is 0.167. The van der Waals surface area contributed by atoms with Crippen LogP contribution in [0.25, 0.3) is 22.6 Å². The number of aromatic nitrogens is 1. The van der Waals surface area contributed by atoms with Gasteiger partial charge in [0.1, 0.15) is 5.52 Å². The van der Waals surface area contributed by atoms with Crippen molar-refractivity contribution in [2.45, 2.75) is 6.42 Å². The molecule has 3 aromatic rings. The van der Waals surface area contributed by atoms with E-state index < -0.39 is 11.9 Å². The number of carboxylic acid groups (broad SMARTS) is 1. The molecular formula is C18H13ClN2O4. The molecule has 126 valence electrons. The lowest BCUT2D eigenvalue weighted by atomic mass is 10.1. The van der Waals surface area contributed by atoms with E-state index >= 15 is 0 Å². The molecule has 1 aliphatic heterocycles. The standard InChI is InChI=1S/C18H13ClN2O4/c19-12-6-5-10(17-20-13-3-1-2-4-15(13)25-17)7-14(12)21-9-11(18(23)24)8-16(21)22/h1-7,11H,8-9H2,(H,23,24)/t11-/m1/s1. The number of oxazole rings is 1. The highest BCUT2D eigenvalue weighted by atomic mass is 35.5. The smallest absolute Gasteiger partial charge is 0.308 e. The molecule has 1 fully saturated rings. The van der Waals surface area contributed by atoms with Gasteiger partial charge in [-0.05, 0) is 30.3 Å². The number of hydrogen-bond acceptors (Lipinski definition) is 4. The van der Waals surface area contributed by atoms with E-state index in [4.69, 9.17) is 21.1 Å². The molecule has 1 N–H and O–H groups in total. The average molecular weight is 357 g/mol. The SMILES string of the molecule is O=C(O)[C@@H]1CC(=O)N(c2cc(-c3nc4ccccc4o3)ccc2Cl)C1. The topological polar surface area (TPSA) is 83.6 Å². The number of halogens is 1. The average Bonchev–Trinajstić information content (AvgIpc) is 3.19. The molecule has 0 aliphatic carbocycles. The summed E-state index contributed by atoms with van der Waals surface area (Å²) >= 11 is 6.24. The zero-order valence-corrected chi connectivity index (χ0v) is 13.7. The summed E-state index contributed by atoms with van der Waals surface area (Å²) in [5, 5.41) is 9.52. The Labute approximate surface area is 147 Å². The van der Waals surface area contributed by atoms with Gasteiger partial charge in [-0.15, -0.1) is 0 Å². The molecule has 1 atom stereocenters. The Bertz CT molecular complexity index is 965. The number of para-hydroxylation sites is 2. The van der Waals surface area contributed by atoms with Crippen LogP contribution in [0.5, 0.6) is 0 Å². The summed E-state index contributed by atoms with van der Waals surface area (Å²) in [7, 11) is 0. The van der Waals surface area contributed by atoms with Gasteiger partial charge in [0.15, 0.2) is 5.58 Å². The van der Waals surface area contributed by atoms with Crippen molar-refractivity contribution >= 4 is 40.3 Å². The van der Waals surface area contributed by atoms with E-state index in [9.17, 15) is 9.59 Å². The molecule has 1 saturated heterocycles. The normalized spacial score (nSPS) is 17.4. The maximum atomic E-state index is 12.2. The van der Waals surface area contributed by atoms with Gasteiger partial charge < -0.3 is 14.4 Å². The molecule has 1 amide bonds. The second-order valence-electron chi connectivity index (χ2n) is 5.90. The van der Waals surface area contributed by atoms with Crippen LogP contribution < -0.4 is 4.90 Å². The predicted octanol–water partition coefficient (Wildman–Crippen LogP) is 3.59. The monoisotopic (exact) mass is 356 g/mol. The van der Waals surface area contributed by atoms with Gasteiger partial charge in [-0.3, -0.25) is 9.59 Å². The first-order chi connectivity index (χ1) is 12.0. The number of carbonyl (C=O) groups excluding carboxylic acids is 1. The van der Waals surface area contributed by atoms with E-state index in [-0.39, 0.29) is 18.9 Å². The van der Waals surface area contributed by atoms with Gasteiger partial charge in [0.2, 0.25) is 11.8 Å². The zero-order valence-electron chi connectivity index (χ0n) is 13.0. The number of benzene rings is 2. The number of carboxylic acids is 1. The molecule has 0 saturated carbocycles. The lowest BCUT2D eigenvalue weighted by Gasteiger charge is -2.18. The van der Waals surface area contributed by atoms with E-state index in [0.29, 0.717) is 27.7 Å². The van der Waals surface area contributed by atoms with Crippen LogP contribution in [0.2, 0.25) is 5.02 Å². The Morgan fingerprint density at radius 3 is 2.80 bits per heavy atom. The van der Waals surface area contributed by atoms with Crippen molar-refractivity contribution in [2.24, 2.45) is 5.92 Å². The van der Waals surface area contributed by atoms with Crippen LogP contribution in [-0.4, -0.2) is 28.5 Å². The molecule has 4 rings (SSSR count). The molecule has 2 aromatic carbocycles. The third-order valence-corrected chi connectivity index (χ3v) is 4.57. The van der Waals surface area contributed by atoms with Gasteiger partial charge in [-0.1, -0.05) is 23.7 Å². The van der Waals surface area contributed by atoms with Crippen molar-refractivity contribution < 1.29 is 19.1 Å². The quantitative estimate of drug-likeness (QED) is 0.775. The minimum Gasteiger partial charge on any atom is -0.481 e. The summed E-state index contributed by atoms with van der Waals surface area (Å²) in [5.74, 6) is -1.55. The first-order valence-electron chi connectivity index (χ1n) is 7.71. The minimum atomic E-state index is -0.984. The number of nitrogens with zero attached hydrogens (tertiary/aromatic N) is 2. The molecule has 6 nitrogen and oxygen atoms in total. The van der Waals surface area contributed by atoms with Crippen molar-refractivity contribution in [3.8, 4) is 11.5 Å². The molecule has 1 aliphatic rings. The Hall–Kier alpha value is -2.86. The molecule has 25 heavy (non-hydrogen) atoms. The van der Waals surface area contributed by atoms with Gasteiger partial charge in [-0.2, -0.15) is 0 Å². The predicted molar refractivity (Wildman–Crippen MR) is 92.6 cm³/mol. The molecule has 0 bridgehead atoms. The van der Waals surface area contributed by atoms with Crippen LogP contribution in [0.15, 0.2) is 46.9 Å². The highest BCUT2D eigenvalue weighted by Crippen LogP contribution is 2.35. The van der Waals surface area contributed by atoms with Crippen molar-refractivity contribution in [3.05, 3.63) is 47.5 Å². The first kappa shape index (κ1) is 15.7. The molecule has 0 unspecified atom stereocenters. The number of amides is 1. The van der Waals surface area contributed by atoms with Crippen LogP contribution >= 0.6 is 11.6 Å². The molecule has 0 radical (unpaired) electrons. The summed E-state index contributed by atoms with van der Waals surface area (Å²) in [6, 6.07) is 12.5. The zero-order chi connectivity index (χ0) is 17.6. The van der Waals surface area contributed by atoms with Crippen molar-refractivity contribution in [1.82, 2.24) is 4.98 Å². The highest BCUT2D eigenvalue weighted by Gasteiger charge is 2.36. The number of aliphatic carboxylic acids is 1. The molecule has 7 heteroatoms. The highest BCUT2D eigenvalue weighted by molar-refractivity contribution is 6.34. The summed E-state index contributed by atoms with van der Waals surface area (Å²) in [6.45, 7) is 0.102. The van der Waals surface area contributed by atoms with E-state index in [1.807, 2.05) is 24.3 Å². The minimum absolute atomic E-state index is 0.0290. The van der Waals surface area contributed by atoms with Gasteiger partial charge in [0.05, 0.1) is 16.6 Å². The summed E-state index contributed by atoms with van der Waals surface area (Å²) in [4.78, 5) is 29.2. The maximum absolute atomic E-state index is 12.2. The van der Waals surface area contributed by atoms with Crippen LogP contribution in [0, 0.1) is 5.92 Å². The first-order valence-corrected chi connectivity index (χ1v) is 8.09. The van der Waals surface area contributed by atoms with Crippen molar-refractivity contribution in [2.75, 3.05) is 11.4 Å². The summed E-state index contributed by atoms with van der Waals surface area (Å²) in [6.07, 6.45) is -0.0290. The lowest BCUT2D eigenvalue weighted by molar-refractivity contribution is -0.141. The Balaban J connectivity index is 1.74. The number of rotatable bonds is 3. The number of anilines is 1. The van der Waals surface area contributed by atoms with E-state index in [1.54, 1.807) is 18.2 Å². The van der Waals surface area contributed by atoms with Crippen LogP contribution in [-0.2, 0) is 9.59 Å².